The van der Waals surface area contributed by atoms with Crippen LogP contribution in [0.15, 0.2) is 0 Å². The summed E-state index contributed by atoms with van der Waals surface area (Å²) in [4.78, 5) is 13.9. The number of rotatable bonds is 14. The summed E-state index contributed by atoms with van der Waals surface area (Å²) >= 11 is 0. The summed E-state index contributed by atoms with van der Waals surface area (Å²) in [6.07, 6.45) is 8.44. The van der Waals surface area contributed by atoms with Crippen LogP contribution in [0, 0.1) is 0 Å². The fourth-order valence-electron chi connectivity index (χ4n) is 2.60. The molecule has 0 aromatic carbocycles. The molecule has 0 aromatic heterocycles. The lowest BCUT2D eigenvalue weighted by Gasteiger charge is -2.28. The van der Waals surface area contributed by atoms with E-state index in [1.165, 1.54) is 32.1 Å². The van der Waals surface area contributed by atoms with Crippen LogP contribution in [0.2, 0.25) is 0 Å². The molecule has 0 aromatic rings. The predicted octanol–water partition coefficient (Wildman–Crippen LogP) is 4.72. The number of carbonyl (C=O) groups excluding carboxylic acids is 1. The zero-order chi connectivity index (χ0) is 16.8. The van der Waals surface area contributed by atoms with Crippen LogP contribution < -0.4 is 0 Å². The maximum Gasteiger partial charge on any atom is 0.308 e. The Kier molecular flexibility index (Phi) is 13.6. The number of carbonyl (C=O) groups is 1. The van der Waals surface area contributed by atoms with E-state index in [2.05, 4.69) is 25.7 Å². The van der Waals surface area contributed by atoms with Gasteiger partial charge >= 0.3 is 5.97 Å². The van der Waals surface area contributed by atoms with Crippen molar-refractivity contribution < 1.29 is 14.3 Å². The van der Waals surface area contributed by atoms with E-state index < -0.39 is 6.29 Å². The Morgan fingerprint density at radius 2 is 1.45 bits per heavy atom. The lowest BCUT2D eigenvalue weighted by molar-refractivity contribution is -0.200. The molecule has 0 aliphatic carbocycles. The van der Waals surface area contributed by atoms with Gasteiger partial charge in [-0.1, -0.05) is 59.3 Å². The molecule has 132 valence electrons. The zero-order valence-electron chi connectivity index (χ0n) is 15.4. The summed E-state index contributed by atoms with van der Waals surface area (Å²) in [5.74, 6) is -0.146. The van der Waals surface area contributed by atoms with Gasteiger partial charge < -0.3 is 9.47 Å². The fourth-order valence-corrected chi connectivity index (χ4v) is 2.60. The third kappa shape index (κ3) is 11.0. The quantitative estimate of drug-likeness (QED) is 0.264. The van der Waals surface area contributed by atoms with Crippen molar-refractivity contribution in [1.82, 2.24) is 4.90 Å². The van der Waals surface area contributed by atoms with Gasteiger partial charge in [-0.05, 0) is 33.4 Å². The van der Waals surface area contributed by atoms with Crippen LogP contribution in [0.4, 0.5) is 0 Å². The first-order chi connectivity index (χ1) is 10.5. The molecule has 0 saturated heterocycles. The van der Waals surface area contributed by atoms with E-state index in [1.54, 1.807) is 6.92 Å². The number of unbranched alkanes of at least 4 members (excludes halogenated alkanes) is 6. The van der Waals surface area contributed by atoms with Gasteiger partial charge in [0.2, 0.25) is 6.29 Å². The molecule has 4 heteroatoms. The smallest absolute Gasteiger partial charge is 0.308 e. The highest BCUT2D eigenvalue weighted by Crippen LogP contribution is 2.10. The highest BCUT2D eigenvalue weighted by atomic mass is 16.7. The van der Waals surface area contributed by atoms with Crippen molar-refractivity contribution in [3.8, 4) is 0 Å². The lowest BCUT2D eigenvalue weighted by atomic mass is 10.1. The molecule has 22 heavy (non-hydrogen) atoms. The zero-order valence-corrected chi connectivity index (χ0v) is 15.4. The second-order valence-electron chi connectivity index (χ2n) is 5.89. The first kappa shape index (κ1) is 21.4. The molecule has 0 rings (SSSR count). The average Bonchev–Trinajstić information content (AvgIpc) is 2.47. The van der Waals surface area contributed by atoms with Crippen molar-refractivity contribution in [3.63, 3.8) is 0 Å². The summed E-state index contributed by atoms with van der Waals surface area (Å²) in [5.41, 5.74) is 0. The molecule has 0 radical (unpaired) electrons. The van der Waals surface area contributed by atoms with Crippen molar-refractivity contribution in [1.29, 1.82) is 0 Å². The van der Waals surface area contributed by atoms with E-state index in [9.17, 15) is 4.79 Å². The highest BCUT2D eigenvalue weighted by molar-refractivity contribution is 5.69. The van der Waals surface area contributed by atoms with Crippen LogP contribution >= 0.6 is 0 Å². The third-order valence-corrected chi connectivity index (χ3v) is 4.00. The van der Waals surface area contributed by atoms with Crippen LogP contribution in [-0.4, -0.2) is 36.5 Å². The van der Waals surface area contributed by atoms with Gasteiger partial charge in [-0.15, -0.1) is 0 Å². The Labute approximate surface area is 137 Å². The summed E-state index contributed by atoms with van der Waals surface area (Å²) in [7, 11) is 0. The molecule has 0 amide bonds. The average molecular weight is 315 g/mol. The van der Waals surface area contributed by atoms with Crippen LogP contribution in [0.1, 0.15) is 86.0 Å². The van der Waals surface area contributed by atoms with E-state index in [1.807, 2.05) is 6.92 Å². The SMILES string of the molecule is CCCCCCCCCC(=O)OC(C)OC(C)N(CC)CC. The minimum absolute atomic E-state index is 0.0311. The molecule has 2 atom stereocenters. The maximum absolute atomic E-state index is 11.8. The Morgan fingerprint density at radius 3 is 2.00 bits per heavy atom. The Bertz CT molecular complexity index is 267. The third-order valence-electron chi connectivity index (χ3n) is 4.00. The maximum atomic E-state index is 11.8. The van der Waals surface area contributed by atoms with Gasteiger partial charge in [0.15, 0.2) is 0 Å². The van der Waals surface area contributed by atoms with E-state index in [4.69, 9.17) is 9.47 Å². The molecular formula is C18H37NO3. The molecule has 0 aliphatic rings. The number of hydrogen-bond donors (Lipinski definition) is 0. The van der Waals surface area contributed by atoms with Gasteiger partial charge in [0, 0.05) is 6.42 Å². The second kappa shape index (κ2) is 14.0. The van der Waals surface area contributed by atoms with Crippen LogP contribution in [-0.2, 0) is 14.3 Å². The Balaban J connectivity index is 3.69. The molecule has 2 unspecified atom stereocenters. The molecule has 0 saturated carbocycles. The highest BCUT2D eigenvalue weighted by Gasteiger charge is 2.16. The van der Waals surface area contributed by atoms with E-state index >= 15 is 0 Å². The molecule has 0 aliphatic heterocycles. The van der Waals surface area contributed by atoms with Gasteiger partial charge in [0.1, 0.15) is 6.23 Å². The second-order valence-corrected chi connectivity index (χ2v) is 5.89. The van der Waals surface area contributed by atoms with E-state index in [-0.39, 0.29) is 12.2 Å². The summed E-state index contributed by atoms with van der Waals surface area (Å²) in [6.45, 7) is 12.1. The molecular weight excluding hydrogens is 278 g/mol. The molecule has 4 nitrogen and oxygen atoms in total. The monoisotopic (exact) mass is 315 g/mol. The number of esters is 1. The van der Waals surface area contributed by atoms with Gasteiger partial charge in [-0.2, -0.15) is 0 Å². The van der Waals surface area contributed by atoms with Crippen LogP contribution in [0.25, 0.3) is 0 Å². The van der Waals surface area contributed by atoms with Gasteiger partial charge in [-0.25, -0.2) is 0 Å². The van der Waals surface area contributed by atoms with Crippen molar-refractivity contribution in [2.75, 3.05) is 13.1 Å². The first-order valence-corrected chi connectivity index (χ1v) is 9.14. The van der Waals surface area contributed by atoms with Gasteiger partial charge in [0.05, 0.1) is 0 Å². The minimum atomic E-state index is -0.479. The lowest BCUT2D eigenvalue weighted by Crippen LogP contribution is -2.37. The topological polar surface area (TPSA) is 38.8 Å². The molecule has 0 bridgehead atoms. The minimum Gasteiger partial charge on any atom is -0.436 e. The molecule has 0 fully saturated rings. The summed E-state index contributed by atoms with van der Waals surface area (Å²) in [6, 6.07) is 0. The van der Waals surface area contributed by atoms with Gasteiger partial charge in [-0.3, -0.25) is 9.69 Å². The first-order valence-electron chi connectivity index (χ1n) is 9.14. The standard InChI is InChI=1S/C18H37NO3/c1-6-9-10-11-12-13-14-15-18(20)22-17(5)21-16(4)19(7-2)8-3/h16-17H,6-15H2,1-5H3. The normalized spacial score (nSPS) is 14.1. The summed E-state index contributed by atoms with van der Waals surface area (Å²) in [5, 5.41) is 0. The van der Waals surface area contributed by atoms with Crippen LogP contribution in [0.3, 0.4) is 0 Å². The van der Waals surface area contributed by atoms with E-state index in [0.717, 1.165) is 25.9 Å². The van der Waals surface area contributed by atoms with Crippen molar-refractivity contribution in [2.45, 2.75) is 98.5 Å². The Hall–Kier alpha value is -0.610. The van der Waals surface area contributed by atoms with Crippen molar-refractivity contribution >= 4 is 5.97 Å². The van der Waals surface area contributed by atoms with Crippen molar-refractivity contribution in [3.05, 3.63) is 0 Å². The van der Waals surface area contributed by atoms with Crippen molar-refractivity contribution in [2.24, 2.45) is 0 Å². The largest absolute Gasteiger partial charge is 0.436 e. The molecule has 0 heterocycles. The number of hydrogen-bond acceptors (Lipinski definition) is 4. The van der Waals surface area contributed by atoms with E-state index in [0.29, 0.717) is 6.42 Å². The summed E-state index contributed by atoms with van der Waals surface area (Å²) < 4.78 is 11.0. The number of ether oxygens (including phenoxy) is 2. The molecule has 0 spiro atoms. The van der Waals surface area contributed by atoms with Gasteiger partial charge in [0.25, 0.3) is 0 Å². The Morgan fingerprint density at radius 1 is 0.909 bits per heavy atom. The number of nitrogens with zero attached hydrogens (tertiary/aromatic N) is 1. The molecule has 0 N–H and O–H groups in total. The fraction of sp³-hybridized carbons (Fsp3) is 0.944. The van der Waals surface area contributed by atoms with Crippen LogP contribution in [0.5, 0.6) is 0 Å². The predicted molar refractivity (Wildman–Crippen MR) is 91.6 cm³/mol.